The van der Waals surface area contributed by atoms with Gasteiger partial charge in [0, 0.05) is 5.92 Å². The first-order valence-electron chi connectivity index (χ1n) is 8.73. The van der Waals surface area contributed by atoms with E-state index < -0.39 is 17.7 Å². The zero-order valence-electron chi connectivity index (χ0n) is 15.6. The second-order valence-corrected chi connectivity index (χ2v) is 6.85. The lowest BCUT2D eigenvalue weighted by Crippen LogP contribution is -2.48. The predicted molar refractivity (Wildman–Crippen MR) is 104 cm³/mol. The molecule has 1 amide bonds. The van der Waals surface area contributed by atoms with E-state index >= 15 is 0 Å². The van der Waals surface area contributed by atoms with Gasteiger partial charge in [-0.15, -0.1) is 0 Å². The molecule has 1 heterocycles. The summed E-state index contributed by atoms with van der Waals surface area (Å²) in [4.78, 5) is 27.1. The number of carbonyl (C=O) groups excluding carboxylic acids is 2. The van der Waals surface area contributed by atoms with Crippen LogP contribution in [0.2, 0.25) is 0 Å². The number of aryl methyl sites for hydroxylation is 2. The number of anilines is 1. The van der Waals surface area contributed by atoms with Gasteiger partial charge in [0.1, 0.15) is 17.5 Å². The maximum atomic E-state index is 13.3. The topological polar surface area (TPSA) is 87.2 Å². The van der Waals surface area contributed by atoms with E-state index in [2.05, 4.69) is 6.07 Å². The van der Waals surface area contributed by atoms with Crippen molar-refractivity contribution in [2.75, 3.05) is 4.90 Å². The fourth-order valence-electron chi connectivity index (χ4n) is 3.74. The van der Waals surface area contributed by atoms with Gasteiger partial charge in [-0.05, 0) is 44.0 Å². The van der Waals surface area contributed by atoms with Crippen molar-refractivity contribution in [2.45, 2.75) is 26.7 Å². The Labute approximate surface area is 158 Å². The van der Waals surface area contributed by atoms with Crippen molar-refractivity contribution in [2.24, 2.45) is 11.7 Å². The Morgan fingerprint density at radius 3 is 2.37 bits per heavy atom. The summed E-state index contributed by atoms with van der Waals surface area (Å²) in [5, 5.41) is 9.85. The molecular weight excluding hydrogens is 338 g/mol. The van der Waals surface area contributed by atoms with E-state index in [1.54, 1.807) is 24.3 Å². The number of para-hydroxylation sites is 1. The number of hydrogen-bond acceptors (Lipinski definition) is 4. The number of rotatable bonds is 3. The fraction of sp³-hybridized carbons (Fsp3) is 0.227. The largest absolute Gasteiger partial charge is 0.384 e. The maximum absolute atomic E-state index is 13.3. The first-order chi connectivity index (χ1) is 12.9. The summed E-state index contributed by atoms with van der Waals surface area (Å²) in [6.07, 6.45) is 0. The lowest BCUT2D eigenvalue weighted by molar-refractivity contribution is -0.132. The van der Waals surface area contributed by atoms with Crippen molar-refractivity contribution >= 4 is 17.4 Å². The van der Waals surface area contributed by atoms with Crippen LogP contribution in [-0.4, -0.2) is 11.7 Å². The van der Waals surface area contributed by atoms with Crippen LogP contribution in [0.15, 0.2) is 59.9 Å². The molecule has 2 atom stereocenters. The minimum absolute atomic E-state index is 0.0798. The van der Waals surface area contributed by atoms with Crippen molar-refractivity contribution in [1.29, 1.82) is 5.26 Å². The lowest BCUT2D eigenvalue weighted by Gasteiger charge is -2.37. The summed E-state index contributed by atoms with van der Waals surface area (Å²) < 4.78 is 0. The Hall–Kier alpha value is -3.39. The van der Waals surface area contributed by atoms with Crippen molar-refractivity contribution in [1.82, 2.24) is 0 Å². The Bertz CT molecular complexity index is 986. The van der Waals surface area contributed by atoms with Crippen LogP contribution in [0.5, 0.6) is 0 Å². The molecule has 2 N–H and O–H groups in total. The standard InChI is InChI=1S/C22H21N3O2/c1-13-9-10-17(14(2)11-13)20-18(12-23)21(24)25(16-7-5-4-6-8-16)22(27)19(20)15(3)26/h4-11,19-20H,24H2,1-3H3/t19-,20+/m0/s1. The smallest absolute Gasteiger partial charge is 0.244 e. The number of allylic oxidation sites excluding steroid dienone is 1. The van der Waals surface area contributed by atoms with Crippen LogP contribution in [0.25, 0.3) is 0 Å². The van der Waals surface area contributed by atoms with E-state index in [1.807, 2.05) is 38.1 Å². The van der Waals surface area contributed by atoms with E-state index in [1.165, 1.54) is 11.8 Å². The first-order valence-corrected chi connectivity index (χ1v) is 8.73. The Morgan fingerprint density at radius 1 is 1.15 bits per heavy atom. The van der Waals surface area contributed by atoms with Crippen LogP contribution >= 0.6 is 0 Å². The van der Waals surface area contributed by atoms with E-state index in [0.717, 1.165) is 16.7 Å². The quantitative estimate of drug-likeness (QED) is 0.852. The SMILES string of the molecule is CC(=O)[C@@H]1C(=O)N(c2ccccc2)C(N)=C(C#N)[C@H]1c1ccc(C)cc1C. The molecule has 5 heteroatoms. The summed E-state index contributed by atoms with van der Waals surface area (Å²) in [6, 6.07) is 16.8. The second-order valence-electron chi connectivity index (χ2n) is 6.85. The number of nitriles is 1. The van der Waals surface area contributed by atoms with Crippen molar-refractivity contribution in [3.63, 3.8) is 0 Å². The second kappa shape index (κ2) is 7.08. The van der Waals surface area contributed by atoms with Gasteiger partial charge in [-0.25, -0.2) is 0 Å². The summed E-state index contributed by atoms with van der Waals surface area (Å²) in [6.45, 7) is 5.27. The Balaban J connectivity index is 2.27. The Morgan fingerprint density at radius 2 is 1.81 bits per heavy atom. The van der Waals surface area contributed by atoms with Gasteiger partial charge in [-0.1, -0.05) is 42.0 Å². The Kier molecular flexibility index (Phi) is 4.83. The van der Waals surface area contributed by atoms with Crippen molar-refractivity contribution < 1.29 is 9.59 Å². The molecule has 0 unspecified atom stereocenters. The summed E-state index contributed by atoms with van der Waals surface area (Å²) in [5.41, 5.74) is 9.83. The third-order valence-electron chi connectivity index (χ3n) is 4.98. The molecule has 0 aliphatic carbocycles. The summed E-state index contributed by atoms with van der Waals surface area (Å²) in [5.74, 6) is -2.29. The number of ketones is 1. The summed E-state index contributed by atoms with van der Waals surface area (Å²) >= 11 is 0. The normalized spacial score (nSPS) is 19.8. The summed E-state index contributed by atoms with van der Waals surface area (Å²) in [7, 11) is 0. The minimum atomic E-state index is -0.992. The average Bonchev–Trinajstić information content (AvgIpc) is 2.62. The van der Waals surface area contributed by atoms with Gasteiger partial charge in [0.25, 0.3) is 0 Å². The number of benzene rings is 2. The molecule has 136 valence electrons. The van der Waals surface area contributed by atoms with Gasteiger partial charge in [-0.2, -0.15) is 5.26 Å². The number of carbonyl (C=O) groups is 2. The maximum Gasteiger partial charge on any atom is 0.244 e. The zero-order chi connectivity index (χ0) is 19.7. The van der Waals surface area contributed by atoms with E-state index in [-0.39, 0.29) is 17.2 Å². The van der Waals surface area contributed by atoms with Crippen molar-refractivity contribution in [3.05, 3.63) is 76.6 Å². The molecule has 1 aliphatic rings. The van der Waals surface area contributed by atoms with Gasteiger partial charge in [0.15, 0.2) is 0 Å². The monoisotopic (exact) mass is 359 g/mol. The molecule has 3 rings (SSSR count). The molecule has 0 bridgehead atoms. The number of amides is 1. The van der Waals surface area contributed by atoms with Crippen molar-refractivity contribution in [3.8, 4) is 6.07 Å². The molecule has 0 spiro atoms. The molecule has 0 radical (unpaired) electrons. The van der Waals surface area contributed by atoms with Crippen LogP contribution in [-0.2, 0) is 9.59 Å². The molecule has 1 aliphatic heterocycles. The van der Waals surface area contributed by atoms with E-state index in [9.17, 15) is 14.9 Å². The molecule has 2 aromatic rings. The first kappa shape index (κ1) is 18.4. The van der Waals surface area contributed by atoms with Crippen LogP contribution in [0.1, 0.15) is 29.5 Å². The van der Waals surface area contributed by atoms with Gasteiger partial charge < -0.3 is 5.73 Å². The number of nitrogens with zero attached hydrogens (tertiary/aromatic N) is 2. The third-order valence-corrected chi connectivity index (χ3v) is 4.98. The highest BCUT2D eigenvalue weighted by Gasteiger charge is 2.45. The molecule has 0 saturated heterocycles. The number of nitrogens with two attached hydrogens (primary N) is 1. The average molecular weight is 359 g/mol. The number of Topliss-reactive ketones (excluding diaryl/α,β-unsaturated/α-hetero) is 1. The van der Waals surface area contributed by atoms with E-state index in [0.29, 0.717) is 5.69 Å². The molecule has 2 aromatic carbocycles. The van der Waals surface area contributed by atoms with E-state index in [4.69, 9.17) is 5.73 Å². The highest BCUT2D eigenvalue weighted by Crippen LogP contribution is 2.42. The highest BCUT2D eigenvalue weighted by molar-refractivity contribution is 6.12. The van der Waals surface area contributed by atoms with Crippen LogP contribution < -0.4 is 10.6 Å². The number of hydrogen-bond donors (Lipinski definition) is 1. The van der Waals surface area contributed by atoms with Gasteiger partial charge in [0.05, 0.1) is 17.3 Å². The lowest BCUT2D eigenvalue weighted by atomic mass is 9.74. The fourth-order valence-corrected chi connectivity index (χ4v) is 3.74. The van der Waals surface area contributed by atoms with Gasteiger partial charge in [0.2, 0.25) is 5.91 Å². The van der Waals surface area contributed by atoms with Crippen LogP contribution in [0.3, 0.4) is 0 Å². The molecular formula is C22H21N3O2. The predicted octanol–water partition coefficient (Wildman–Crippen LogP) is 3.33. The van der Waals surface area contributed by atoms with Gasteiger partial charge in [-0.3, -0.25) is 14.5 Å². The third kappa shape index (κ3) is 3.11. The highest BCUT2D eigenvalue weighted by atomic mass is 16.2. The molecule has 0 aromatic heterocycles. The van der Waals surface area contributed by atoms with Crippen LogP contribution in [0, 0.1) is 31.1 Å². The minimum Gasteiger partial charge on any atom is -0.384 e. The zero-order valence-corrected chi connectivity index (χ0v) is 15.6. The molecule has 27 heavy (non-hydrogen) atoms. The molecule has 5 nitrogen and oxygen atoms in total. The molecule has 0 saturated carbocycles. The van der Waals surface area contributed by atoms with Crippen LogP contribution in [0.4, 0.5) is 5.69 Å². The van der Waals surface area contributed by atoms with Gasteiger partial charge >= 0.3 is 0 Å². The molecule has 0 fully saturated rings.